The summed E-state index contributed by atoms with van der Waals surface area (Å²) in [5.74, 6) is 1.01. The van der Waals surface area contributed by atoms with Crippen molar-refractivity contribution in [3.8, 4) is 12.1 Å². The lowest BCUT2D eigenvalue weighted by Crippen LogP contribution is -2.07. The van der Waals surface area contributed by atoms with Gasteiger partial charge in [0.25, 0.3) is 0 Å². The van der Waals surface area contributed by atoms with Crippen molar-refractivity contribution in [2.75, 3.05) is 16.0 Å². The molecule has 0 aliphatic rings. The van der Waals surface area contributed by atoms with Crippen molar-refractivity contribution in [3.63, 3.8) is 0 Å². The Kier molecular flexibility index (Phi) is 5.64. The van der Waals surface area contributed by atoms with Crippen LogP contribution in [0.25, 0.3) is 0 Å². The number of benzene rings is 3. The van der Waals surface area contributed by atoms with Crippen molar-refractivity contribution in [1.29, 1.82) is 10.5 Å². The third-order valence-corrected chi connectivity index (χ3v) is 4.21. The van der Waals surface area contributed by atoms with Gasteiger partial charge in [0.1, 0.15) is 0 Å². The molecular weight excluding hydrogens is 388 g/mol. The lowest BCUT2D eigenvalue weighted by molar-refractivity contribution is 1.06. The summed E-state index contributed by atoms with van der Waals surface area (Å²) in [4.78, 5) is 13.3. The molecule has 0 fully saturated rings. The van der Waals surface area contributed by atoms with Gasteiger partial charge < -0.3 is 16.0 Å². The summed E-state index contributed by atoms with van der Waals surface area (Å²) in [6.45, 7) is 0. The fraction of sp³-hybridized carbons (Fsp3) is 0. The van der Waals surface area contributed by atoms with Gasteiger partial charge in [-0.25, -0.2) is 0 Å². The fourth-order valence-corrected chi connectivity index (χ4v) is 2.71. The van der Waals surface area contributed by atoms with Gasteiger partial charge in [-0.2, -0.15) is 25.5 Å². The molecule has 1 heterocycles. The zero-order chi connectivity index (χ0) is 21.5. The van der Waals surface area contributed by atoms with Gasteiger partial charge in [0.15, 0.2) is 0 Å². The molecule has 0 unspecified atom stereocenters. The maximum Gasteiger partial charge on any atom is 0.233 e. The maximum absolute atomic E-state index is 8.97. The predicted octanol–water partition coefficient (Wildman–Crippen LogP) is 4.85. The SMILES string of the molecule is N#Cc1ccc(Nc2nc(Nc3ccccc3)nc(Nc3ccc(C#N)cc3)n2)cc1. The van der Waals surface area contributed by atoms with Crippen molar-refractivity contribution in [3.05, 3.63) is 90.0 Å². The minimum absolute atomic E-state index is 0.328. The van der Waals surface area contributed by atoms with Crippen LogP contribution in [0, 0.1) is 22.7 Å². The highest BCUT2D eigenvalue weighted by Crippen LogP contribution is 2.21. The smallest absolute Gasteiger partial charge is 0.233 e. The summed E-state index contributed by atoms with van der Waals surface area (Å²) < 4.78 is 0. The van der Waals surface area contributed by atoms with E-state index >= 15 is 0 Å². The second-order valence-corrected chi connectivity index (χ2v) is 6.43. The number of hydrogen-bond acceptors (Lipinski definition) is 8. The van der Waals surface area contributed by atoms with Gasteiger partial charge in [-0.1, -0.05) is 18.2 Å². The first-order valence-electron chi connectivity index (χ1n) is 9.34. The van der Waals surface area contributed by atoms with Crippen LogP contribution in [-0.4, -0.2) is 15.0 Å². The molecule has 0 aliphatic carbocycles. The highest BCUT2D eigenvalue weighted by molar-refractivity contribution is 5.62. The van der Waals surface area contributed by atoms with E-state index in [1.165, 1.54) is 0 Å². The maximum atomic E-state index is 8.97. The summed E-state index contributed by atoms with van der Waals surface area (Å²) in [5, 5.41) is 27.4. The van der Waals surface area contributed by atoms with E-state index in [2.05, 4.69) is 43.0 Å². The summed E-state index contributed by atoms with van der Waals surface area (Å²) in [6, 6.07) is 27.7. The van der Waals surface area contributed by atoms with Crippen LogP contribution in [0.5, 0.6) is 0 Å². The Morgan fingerprint density at radius 3 is 1.19 bits per heavy atom. The lowest BCUT2D eigenvalue weighted by Gasteiger charge is -2.11. The van der Waals surface area contributed by atoms with Gasteiger partial charge in [-0.15, -0.1) is 0 Å². The van der Waals surface area contributed by atoms with Crippen LogP contribution in [0.2, 0.25) is 0 Å². The molecule has 0 saturated carbocycles. The monoisotopic (exact) mass is 404 g/mol. The highest BCUT2D eigenvalue weighted by Gasteiger charge is 2.09. The van der Waals surface area contributed by atoms with Gasteiger partial charge in [0, 0.05) is 17.1 Å². The van der Waals surface area contributed by atoms with Crippen LogP contribution in [0.3, 0.4) is 0 Å². The molecule has 8 heteroatoms. The quantitative estimate of drug-likeness (QED) is 0.417. The molecule has 148 valence electrons. The minimum atomic E-state index is 0.328. The highest BCUT2D eigenvalue weighted by atomic mass is 15.3. The molecule has 3 N–H and O–H groups in total. The fourth-order valence-electron chi connectivity index (χ4n) is 2.71. The second-order valence-electron chi connectivity index (χ2n) is 6.43. The van der Waals surface area contributed by atoms with E-state index in [9.17, 15) is 0 Å². The number of para-hydroxylation sites is 1. The van der Waals surface area contributed by atoms with E-state index < -0.39 is 0 Å². The number of hydrogen-bond donors (Lipinski definition) is 3. The molecule has 0 atom stereocenters. The van der Waals surface area contributed by atoms with Gasteiger partial charge >= 0.3 is 0 Å². The molecule has 0 saturated heterocycles. The molecule has 4 rings (SSSR count). The zero-order valence-electron chi connectivity index (χ0n) is 16.2. The van der Waals surface area contributed by atoms with E-state index in [4.69, 9.17) is 10.5 Å². The Balaban J connectivity index is 1.63. The van der Waals surface area contributed by atoms with Crippen LogP contribution in [-0.2, 0) is 0 Å². The average molecular weight is 404 g/mol. The van der Waals surface area contributed by atoms with Crippen molar-refractivity contribution >= 4 is 34.9 Å². The zero-order valence-corrected chi connectivity index (χ0v) is 16.2. The Hall–Kier alpha value is -4.95. The molecule has 0 aliphatic heterocycles. The summed E-state index contributed by atoms with van der Waals surface area (Å²) >= 11 is 0. The average Bonchev–Trinajstić information content (AvgIpc) is 2.81. The van der Waals surface area contributed by atoms with Crippen LogP contribution in [0.4, 0.5) is 34.9 Å². The van der Waals surface area contributed by atoms with Crippen molar-refractivity contribution < 1.29 is 0 Å². The van der Waals surface area contributed by atoms with Crippen LogP contribution in [0.1, 0.15) is 11.1 Å². The summed E-state index contributed by atoms with van der Waals surface area (Å²) in [5.41, 5.74) is 3.44. The Labute approximate surface area is 178 Å². The van der Waals surface area contributed by atoms with Crippen molar-refractivity contribution in [2.45, 2.75) is 0 Å². The molecular formula is C23H16N8. The Bertz CT molecular complexity index is 1180. The number of anilines is 6. The minimum Gasteiger partial charge on any atom is -0.324 e. The largest absolute Gasteiger partial charge is 0.324 e. The van der Waals surface area contributed by atoms with Crippen molar-refractivity contribution in [2.24, 2.45) is 0 Å². The van der Waals surface area contributed by atoms with E-state index in [0.717, 1.165) is 17.1 Å². The van der Waals surface area contributed by atoms with Crippen LogP contribution in [0.15, 0.2) is 78.9 Å². The molecule has 8 nitrogen and oxygen atoms in total. The molecule has 0 amide bonds. The number of nitrogens with one attached hydrogen (secondary N) is 3. The van der Waals surface area contributed by atoms with E-state index in [-0.39, 0.29) is 0 Å². The van der Waals surface area contributed by atoms with Crippen molar-refractivity contribution in [1.82, 2.24) is 15.0 Å². The molecule has 0 bridgehead atoms. The van der Waals surface area contributed by atoms with Gasteiger partial charge in [0.2, 0.25) is 17.8 Å². The van der Waals surface area contributed by atoms with Crippen LogP contribution < -0.4 is 16.0 Å². The third-order valence-electron chi connectivity index (χ3n) is 4.21. The molecule has 1 aromatic heterocycles. The van der Waals surface area contributed by atoms with E-state index in [1.54, 1.807) is 48.5 Å². The van der Waals surface area contributed by atoms with Gasteiger partial charge in [0.05, 0.1) is 23.3 Å². The van der Waals surface area contributed by atoms with E-state index in [0.29, 0.717) is 29.0 Å². The summed E-state index contributed by atoms with van der Waals surface area (Å²) in [6.07, 6.45) is 0. The Morgan fingerprint density at radius 1 is 0.484 bits per heavy atom. The third kappa shape index (κ3) is 5.11. The molecule has 4 aromatic rings. The standard InChI is InChI=1S/C23H16N8/c24-14-16-6-10-19(11-7-16)27-22-29-21(26-18-4-2-1-3-5-18)30-23(31-22)28-20-12-8-17(15-25)9-13-20/h1-13H,(H3,26,27,28,29,30,31). The topological polar surface area (TPSA) is 122 Å². The van der Waals surface area contributed by atoms with Gasteiger partial charge in [-0.3, -0.25) is 0 Å². The number of aromatic nitrogens is 3. The Morgan fingerprint density at radius 2 is 0.839 bits per heavy atom. The summed E-state index contributed by atoms with van der Waals surface area (Å²) in [7, 11) is 0. The number of nitriles is 2. The van der Waals surface area contributed by atoms with Crippen LogP contribution >= 0.6 is 0 Å². The first-order valence-corrected chi connectivity index (χ1v) is 9.34. The first-order chi connectivity index (χ1) is 15.2. The first kappa shape index (κ1) is 19.4. The number of rotatable bonds is 6. The van der Waals surface area contributed by atoms with E-state index in [1.807, 2.05) is 30.3 Å². The molecule has 3 aromatic carbocycles. The normalized spacial score (nSPS) is 9.87. The molecule has 0 spiro atoms. The molecule has 0 radical (unpaired) electrons. The second kappa shape index (κ2) is 9.03. The number of nitrogens with zero attached hydrogens (tertiary/aromatic N) is 5. The lowest BCUT2D eigenvalue weighted by atomic mass is 10.2. The molecule has 31 heavy (non-hydrogen) atoms. The van der Waals surface area contributed by atoms with Gasteiger partial charge in [-0.05, 0) is 60.7 Å². The predicted molar refractivity (Wildman–Crippen MR) is 118 cm³/mol.